The van der Waals surface area contributed by atoms with Crippen LogP contribution in [0.2, 0.25) is 0 Å². The Labute approximate surface area is 121 Å². The van der Waals surface area contributed by atoms with Crippen molar-refractivity contribution in [1.29, 1.82) is 0 Å². The van der Waals surface area contributed by atoms with E-state index in [4.69, 9.17) is 5.11 Å². The van der Waals surface area contributed by atoms with Crippen LogP contribution in [-0.2, 0) is 22.7 Å². The Morgan fingerprint density at radius 3 is 2.24 bits per heavy atom. The van der Waals surface area contributed by atoms with E-state index in [9.17, 15) is 31.1 Å². The molecule has 118 valence electrons. The molecule has 0 atom stereocenters. The molecule has 1 N–H and O–H groups in total. The first-order chi connectivity index (χ1) is 9.44. The van der Waals surface area contributed by atoms with Crippen molar-refractivity contribution < 1.29 is 41.0 Å². The lowest BCUT2D eigenvalue weighted by Crippen LogP contribution is -2.21. The first kappa shape index (κ1) is 17.5. The van der Waals surface area contributed by atoms with Crippen molar-refractivity contribution in [2.24, 2.45) is 0 Å². The Bertz CT molecular complexity index is 543. The average molecular weight is 382 g/mol. The lowest BCUT2D eigenvalue weighted by molar-refractivity contribution is -0.276. The second-order valence-electron chi connectivity index (χ2n) is 3.70. The fraction of sp³-hybridized carbons (Fsp3) is 0.400. The van der Waals surface area contributed by atoms with Crippen LogP contribution in [-0.4, -0.2) is 22.4 Å². The summed E-state index contributed by atoms with van der Waals surface area (Å²) >= 11 is 2.77. The highest BCUT2D eigenvalue weighted by molar-refractivity contribution is 9.08. The van der Waals surface area contributed by atoms with Crippen LogP contribution in [0.5, 0.6) is 5.88 Å². The summed E-state index contributed by atoms with van der Waals surface area (Å²) in [6.07, 6.45) is -11.2. The normalized spacial score (nSPS) is 12.3. The summed E-state index contributed by atoms with van der Waals surface area (Å²) in [4.78, 5) is 13.4. The highest BCUT2D eigenvalue weighted by Crippen LogP contribution is 2.35. The monoisotopic (exact) mass is 381 g/mol. The molecule has 1 heterocycles. The first-order valence-electron chi connectivity index (χ1n) is 5.07. The smallest absolute Gasteiger partial charge is 0.481 e. The van der Waals surface area contributed by atoms with Gasteiger partial charge in [0, 0.05) is 10.9 Å². The van der Waals surface area contributed by atoms with Gasteiger partial charge < -0.3 is 9.84 Å². The minimum atomic E-state index is -5.26. The average Bonchev–Trinajstić information content (AvgIpc) is 2.24. The second kappa shape index (κ2) is 6.08. The molecule has 0 unspecified atom stereocenters. The molecule has 0 fully saturated rings. The van der Waals surface area contributed by atoms with Crippen LogP contribution in [0.15, 0.2) is 6.07 Å². The van der Waals surface area contributed by atoms with Gasteiger partial charge in [-0.1, -0.05) is 15.9 Å². The zero-order valence-electron chi connectivity index (χ0n) is 9.85. The zero-order valence-corrected chi connectivity index (χ0v) is 11.4. The molecule has 0 bridgehead atoms. The van der Waals surface area contributed by atoms with Gasteiger partial charge in [-0.25, -0.2) is 4.98 Å². The number of rotatable bonds is 4. The summed E-state index contributed by atoms with van der Waals surface area (Å²) in [5.41, 5.74) is -2.55. The molecule has 0 aliphatic carbocycles. The summed E-state index contributed by atoms with van der Waals surface area (Å²) in [7, 11) is 0. The van der Waals surface area contributed by atoms with E-state index < -0.39 is 47.6 Å². The van der Waals surface area contributed by atoms with E-state index in [0.717, 1.165) is 0 Å². The summed E-state index contributed by atoms with van der Waals surface area (Å²) in [6.45, 7) is 0. The summed E-state index contributed by atoms with van der Waals surface area (Å²) in [5.74, 6) is -2.83. The standard InChI is InChI=1S/C10H6BrF6NO3/c11-3-5-4(2-7(19)20)1-6(9(12,13)14)18-8(5)21-10(15,16)17/h1H,2-3H2,(H,19,20). The van der Waals surface area contributed by atoms with Crippen molar-refractivity contribution >= 4 is 21.9 Å². The van der Waals surface area contributed by atoms with E-state index in [-0.39, 0.29) is 5.33 Å². The third-order valence-electron chi connectivity index (χ3n) is 2.16. The van der Waals surface area contributed by atoms with Crippen LogP contribution in [0.25, 0.3) is 0 Å². The lowest BCUT2D eigenvalue weighted by atomic mass is 10.1. The van der Waals surface area contributed by atoms with E-state index in [0.29, 0.717) is 6.07 Å². The molecule has 0 amide bonds. The van der Waals surface area contributed by atoms with E-state index in [1.807, 2.05) is 0 Å². The minimum Gasteiger partial charge on any atom is -0.481 e. The van der Waals surface area contributed by atoms with E-state index in [2.05, 4.69) is 25.7 Å². The van der Waals surface area contributed by atoms with Gasteiger partial charge in [0.05, 0.1) is 6.42 Å². The summed E-state index contributed by atoms with van der Waals surface area (Å²) in [6, 6.07) is 0.383. The van der Waals surface area contributed by atoms with Gasteiger partial charge in [-0.2, -0.15) is 13.2 Å². The number of ether oxygens (including phenoxy) is 1. The van der Waals surface area contributed by atoms with E-state index >= 15 is 0 Å². The lowest BCUT2D eigenvalue weighted by Gasteiger charge is -2.16. The third kappa shape index (κ3) is 5.06. The van der Waals surface area contributed by atoms with Gasteiger partial charge in [-0.3, -0.25) is 4.79 Å². The van der Waals surface area contributed by atoms with Gasteiger partial charge in [0.25, 0.3) is 0 Å². The fourth-order valence-corrected chi connectivity index (χ4v) is 2.00. The molecule has 1 aromatic rings. The number of pyridine rings is 1. The number of alkyl halides is 7. The first-order valence-corrected chi connectivity index (χ1v) is 6.19. The minimum absolute atomic E-state index is 0.355. The molecule has 0 spiro atoms. The van der Waals surface area contributed by atoms with Crippen molar-refractivity contribution in [2.75, 3.05) is 0 Å². The van der Waals surface area contributed by atoms with Crippen molar-refractivity contribution in [2.45, 2.75) is 24.3 Å². The molecular formula is C10H6BrF6NO3. The number of hydrogen-bond acceptors (Lipinski definition) is 3. The molecule has 4 nitrogen and oxygen atoms in total. The number of halogens is 7. The van der Waals surface area contributed by atoms with Crippen LogP contribution in [0.4, 0.5) is 26.3 Å². The number of carboxylic acids is 1. The number of aliphatic carboxylic acids is 1. The predicted octanol–water partition coefficient (Wildman–Crippen LogP) is 3.52. The van der Waals surface area contributed by atoms with Gasteiger partial charge in [0.1, 0.15) is 5.69 Å². The fourth-order valence-electron chi connectivity index (χ4n) is 1.40. The molecular weight excluding hydrogens is 376 g/mol. The van der Waals surface area contributed by atoms with Crippen LogP contribution >= 0.6 is 15.9 Å². The number of hydrogen-bond donors (Lipinski definition) is 1. The van der Waals surface area contributed by atoms with E-state index in [1.165, 1.54) is 0 Å². The predicted molar refractivity (Wildman–Crippen MR) is 59.9 cm³/mol. The number of nitrogens with zero attached hydrogens (tertiary/aromatic N) is 1. The Hall–Kier alpha value is -1.52. The number of carboxylic acid groups (broad SMARTS) is 1. The molecule has 0 saturated carbocycles. The molecule has 0 aliphatic rings. The molecule has 1 aromatic heterocycles. The van der Waals surface area contributed by atoms with Crippen LogP contribution < -0.4 is 4.74 Å². The Balaban J connectivity index is 3.47. The highest BCUT2D eigenvalue weighted by atomic mass is 79.9. The second-order valence-corrected chi connectivity index (χ2v) is 4.26. The van der Waals surface area contributed by atoms with Gasteiger partial charge in [0.15, 0.2) is 0 Å². The summed E-state index contributed by atoms with van der Waals surface area (Å²) in [5, 5.41) is 8.27. The van der Waals surface area contributed by atoms with Gasteiger partial charge in [0.2, 0.25) is 5.88 Å². The third-order valence-corrected chi connectivity index (χ3v) is 2.72. The number of aromatic nitrogens is 1. The Kier molecular flexibility index (Phi) is 5.07. The molecule has 0 aromatic carbocycles. The molecule has 0 radical (unpaired) electrons. The SMILES string of the molecule is O=C(O)Cc1cc(C(F)(F)F)nc(OC(F)(F)F)c1CBr. The largest absolute Gasteiger partial charge is 0.574 e. The molecule has 1 rings (SSSR count). The van der Waals surface area contributed by atoms with Crippen molar-refractivity contribution in [3.05, 3.63) is 22.9 Å². The highest BCUT2D eigenvalue weighted by Gasteiger charge is 2.38. The molecule has 0 saturated heterocycles. The van der Waals surface area contributed by atoms with Gasteiger partial charge in [-0.05, 0) is 11.6 Å². The van der Waals surface area contributed by atoms with Crippen molar-refractivity contribution in [3.63, 3.8) is 0 Å². The number of carbonyl (C=O) groups is 1. The summed E-state index contributed by atoms with van der Waals surface area (Å²) < 4.78 is 77.8. The Morgan fingerprint density at radius 2 is 1.86 bits per heavy atom. The maximum atomic E-state index is 12.6. The van der Waals surface area contributed by atoms with Crippen LogP contribution in [0.1, 0.15) is 16.8 Å². The van der Waals surface area contributed by atoms with E-state index in [1.54, 1.807) is 0 Å². The van der Waals surface area contributed by atoms with Gasteiger partial charge in [-0.15, -0.1) is 13.2 Å². The molecule has 0 aliphatic heterocycles. The topological polar surface area (TPSA) is 59.4 Å². The zero-order chi connectivity index (χ0) is 16.4. The van der Waals surface area contributed by atoms with Gasteiger partial charge >= 0.3 is 18.5 Å². The maximum Gasteiger partial charge on any atom is 0.574 e. The van der Waals surface area contributed by atoms with Crippen LogP contribution in [0, 0.1) is 0 Å². The van der Waals surface area contributed by atoms with Crippen LogP contribution in [0.3, 0.4) is 0 Å². The quantitative estimate of drug-likeness (QED) is 0.640. The Morgan fingerprint density at radius 1 is 1.29 bits per heavy atom. The van der Waals surface area contributed by atoms with Crippen molar-refractivity contribution in [1.82, 2.24) is 4.98 Å². The molecule has 21 heavy (non-hydrogen) atoms. The van der Waals surface area contributed by atoms with Crippen molar-refractivity contribution in [3.8, 4) is 5.88 Å². The maximum absolute atomic E-state index is 12.6. The molecule has 11 heteroatoms.